The van der Waals surface area contributed by atoms with Crippen molar-refractivity contribution in [2.45, 2.75) is 26.4 Å². The maximum atomic E-state index is 12.8. The van der Waals surface area contributed by atoms with Gasteiger partial charge in [0.1, 0.15) is 0 Å². The second-order valence-electron chi connectivity index (χ2n) is 5.95. The minimum Gasteiger partial charge on any atom is -0.352 e. The number of amides is 3. The monoisotopic (exact) mass is 350 g/mol. The molecule has 3 amide bonds. The summed E-state index contributed by atoms with van der Waals surface area (Å²) in [4.78, 5) is 25.4. The fourth-order valence-electron chi connectivity index (χ4n) is 2.56. The molecule has 0 aliphatic heterocycles. The van der Waals surface area contributed by atoms with Gasteiger partial charge in [0, 0.05) is 25.2 Å². The second kappa shape index (κ2) is 9.23. The number of urea groups is 1. The smallest absolute Gasteiger partial charge is 0.312 e. The van der Waals surface area contributed by atoms with Gasteiger partial charge in [0.25, 0.3) is 5.91 Å². The topological polar surface area (TPSA) is 99.2 Å². The molecule has 6 nitrogen and oxygen atoms in total. The second-order valence-corrected chi connectivity index (χ2v) is 5.95. The van der Waals surface area contributed by atoms with E-state index in [2.05, 4.69) is 11.4 Å². The molecule has 0 aliphatic rings. The summed E-state index contributed by atoms with van der Waals surface area (Å²) in [5.41, 5.74) is 8.10. The van der Waals surface area contributed by atoms with Crippen molar-refractivity contribution in [3.8, 4) is 6.07 Å². The lowest BCUT2D eigenvalue weighted by molar-refractivity contribution is 0.0743. The van der Waals surface area contributed by atoms with Gasteiger partial charge in [0.15, 0.2) is 0 Å². The van der Waals surface area contributed by atoms with E-state index in [4.69, 9.17) is 11.0 Å². The van der Waals surface area contributed by atoms with Gasteiger partial charge in [-0.1, -0.05) is 31.2 Å². The number of carbonyl (C=O) groups is 2. The highest BCUT2D eigenvalue weighted by Crippen LogP contribution is 2.13. The van der Waals surface area contributed by atoms with Crippen molar-refractivity contribution in [3.05, 3.63) is 70.8 Å². The lowest BCUT2D eigenvalue weighted by Crippen LogP contribution is -2.31. The van der Waals surface area contributed by atoms with Crippen LogP contribution in [0.5, 0.6) is 0 Å². The van der Waals surface area contributed by atoms with Crippen LogP contribution in [0.2, 0.25) is 0 Å². The van der Waals surface area contributed by atoms with E-state index in [1.807, 2.05) is 19.1 Å². The fraction of sp³-hybridized carbons (Fsp3) is 0.250. The Morgan fingerprint density at radius 3 is 2.23 bits per heavy atom. The van der Waals surface area contributed by atoms with Crippen molar-refractivity contribution >= 4 is 11.9 Å². The van der Waals surface area contributed by atoms with Crippen molar-refractivity contribution in [3.63, 3.8) is 0 Å². The van der Waals surface area contributed by atoms with Crippen LogP contribution >= 0.6 is 0 Å². The molecule has 2 aromatic carbocycles. The first-order valence-corrected chi connectivity index (χ1v) is 8.44. The van der Waals surface area contributed by atoms with Crippen molar-refractivity contribution < 1.29 is 9.59 Å². The summed E-state index contributed by atoms with van der Waals surface area (Å²) in [6, 6.07) is 15.9. The molecule has 0 heterocycles. The normalized spacial score (nSPS) is 10.0. The third-order valence-corrected chi connectivity index (χ3v) is 3.90. The molecule has 0 aliphatic carbocycles. The van der Waals surface area contributed by atoms with Gasteiger partial charge in [-0.05, 0) is 41.8 Å². The highest BCUT2D eigenvalue weighted by molar-refractivity contribution is 5.94. The minimum absolute atomic E-state index is 0.0504. The number of hydrogen-bond acceptors (Lipinski definition) is 3. The molecule has 6 heteroatoms. The van der Waals surface area contributed by atoms with Crippen molar-refractivity contribution in [2.24, 2.45) is 5.73 Å². The van der Waals surface area contributed by atoms with Crippen molar-refractivity contribution in [2.75, 3.05) is 6.54 Å². The van der Waals surface area contributed by atoms with Crippen LogP contribution in [0.15, 0.2) is 48.5 Å². The van der Waals surface area contributed by atoms with E-state index in [0.29, 0.717) is 30.8 Å². The number of nitrogens with one attached hydrogen (secondary N) is 1. The molecule has 2 aromatic rings. The molecule has 2 rings (SSSR count). The van der Waals surface area contributed by atoms with Gasteiger partial charge in [-0.3, -0.25) is 4.79 Å². The van der Waals surface area contributed by atoms with Crippen LogP contribution in [0.4, 0.5) is 4.79 Å². The summed E-state index contributed by atoms with van der Waals surface area (Å²) in [5.74, 6) is -0.0504. The zero-order valence-electron chi connectivity index (χ0n) is 14.7. The van der Waals surface area contributed by atoms with Gasteiger partial charge in [0.05, 0.1) is 11.6 Å². The first-order valence-electron chi connectivity index (χ1n) is 8.44. The molecule has 134 valence electrons. The lowest BCUT2D eigenvalue weighted by atomic mass is 10.1. The molecular weight excluding hydrogens is 328 g/mol. The predicted octanol–water partition coefficient (Wildman–Crippen LogP) is 2.78. The standard InChI is InChI=1S/C20H22N4O2/c1-2-11-24(14-17-5-3-15(12-21)4-6-17)19(25)18-9-7-16(8-10-18)13-23-20(22)26/h3-10H,2,11,13-14H2,1H3,(H3,22,23,26). The summed E-state index contributed by atoms with van der Waals surface area (Å²) >= 11 is 0. The van der Waals surface area contributed by atoms with Gasteiger partial charge in [-0.15, -0.1) is 0 Å². The number of carbonyl (C=O) groups excluding carboxylic acids is 2. The van der Waals surface area contributed by atoms with Crippen LogP contribution in [-0.2, 0) is 13.1 Å². The van der Waals surface area contributed by atoms with Crippen LogP contribution in [0.3, 0.4) is 0 Å². The Hall–Kier alpha value is -3.33. The molecule has 0 bridgehead atoms. The van der Waals surface area contributed by atoms with E-state index in [1.54, 1.807) is 41.3 Å². The number of nitrogens with two attached hydrogens (primary N) is 1. The van der Waals surface area contributed by atoms with Gasteiger partial charge >= 0.3 is 6.03 Å². The van der Waals surface area contributed by atoms with E-state index >= 15 is 0 Å². The molecule has 0 aromatic heterocycles. The maximum absolute atomic E-state index is 12.8. The zero-order valence-corrected chi connectivity index (χ0v) is 14.7. The molecule has 26 heavy (non-hydrogen) atoms. The van der Waals surface area contributed by atoms with Crippen molar-refractivity contribution in [1.82, 2.24) is 10.2 Å². The first kappa shape index (κ1) is 19.0. The number of primary amides is 1. The molecule has 0 saturated carbocycles. The summed E-state index contributed by atoms with van der Waals surface area (Å²) in [7, 11) is 0. The Labute approximate surface area is 153 Å². The average Bonchev–Trinajstić information content (AvgIpc) is 2.66. The number of nitrogens with zero attached hydrogens (tertiary/aromatic N) is 2. The SMILES string of the molecule is CCCN(Cc1ccc(C#N)cc1)C(=O)c1ccc(CNC(N)=O)cc1. The fourth-order valence-corrected chi connectivity index (χ4v) is 2.56. The number of benzene rings is 2. The molecule has 0 saturated heterocycles. The first-order chi connectivity index (χ1) is 12.5. The van der Waals surface area contributed by atoms with E-state index in [0.717, 1.165) is 17.5 Å². The predicted molar refractivity (Wildman–Crippen MR) is 99.1 cm³/mol. The van der Waals surface area contributed by atoms with Gasteiger partial charge in [-0.25, -0.2) is 4.79 Å². The molecular formula is C20H22N4O2. The van der Waals surface area contributed by atoms with E-state index in [-0.39, 0.29) is 5.91 Å². The Balaban J connectivity index is 2.09. The average molecular weight is 350 g/mol. The van der Waals surface area contributed by atoms with Crippen LogP contribution in [0.1, 0.15) is 40.4 Å². The summed E-state index contributed by atoms with van der Waals surface area (Å²) < 4.78 is 0. The van der Waals surface area contributed by atoms with E-state index < -0.39 is 6.03 Å². The van der Waals surface area contributed by atoms with E-state index in [9.17, 15) is 9.59 Å². The summed E-state index contributed by atoms with van der Waals surface area (Å²) in [5, 5.41) is 11.4. The Bertz CT molecular complexity index is 792. The Kier molecular flexibility index (Phi) is 6.75. The quantitative estimate of drug-likeness (QED) is 0.803. The van der Waals surface area contributed by atoms with E-state index in [1.165, 1.54) is 0 Å². The molecule has 0 atom stereocenters. The highest BCUT2D eigenvalue weighted by Gasteiger charge is 2.15. The van der Waals surface area contributed by atoms with Crippen molar-refractivity contribution in [1.29, 1.82) is 5.26 Å². The van der Waals surface area contributed by atoms with Gasteiger partial charge < -0.3 is 16.0 Å². The number of hydrogen-bond donors (Lipinski definition) is 2. The van der Waals surface area contributed by atoms with Gasteiger partial charge in [0.2, 0.25) is 0 Å². The van der Waals surface area contributed by atoms with Crippen LogP contribution < -0.4 is 11.1 Å². The third-order valence-electron chi connectivity index (χ3n) is 3.90. The molecule has 3 N–H and O–H groups in total. The maximum Gasteiger partial charge on any atom is 0.312 e. The van der Waals surface area contributed by atoms with Crippen LogP contribution in [-0.4, -0.2) is 23.4 Å². The summed E-state index contributed by atoms with van der Waals surface area (Å²) in [6.07, 6.45) is 0.850. The number of nitriles is 1. The molecule has 0 fully saturated rings. The largest absolute Gasteiger partial charge is 0.352 e. The summed E-state index contributed by atoms with van der Waals surface area (Å²) in [6.45, 7) is 3.48. The third kappa shape index (κ3) is 5.35. The Morgan fingerprint density at radius 1 is 1.08 bits per heavy atom. The highest BCUT2D eigenvalue weighted by atomic mass is 16.2. The number of rotatable bonds is 7. The molecule has 0 radical (unpaired) electrons. The minimum atomic E-state index is -0.582. The Morgan fingerprint density at radius 2 is 1.69 bits per heavy atom. The van der Waals surface area contributed by atoms with Crippen LogP contribution in [0.25, 0.3) is 0 Å². The molecule has 0 spiro atoms. The zero-order chi connectivity index (χ0) is 18.9. The molecule has 0 unspecified atom stereocenters. The van der Waals surface area contributed by atoms with Crippen LogP contribution in [0, 0.1) is 11.3 Å². The van der Waals surface area contributed by atoms with Gasteiger partial charge in [-0.2, -0.15) is 5.26 Å². The lowest BCUT2D eigenvalue weighted by Gasteiger charge is -2.22.